The highest BCUT2D eigenvalue weighted by Crippen LogP contribution is 2.25. The van der Waals surface area contributed by atoms with E-state index >= 15 is 0 Å². The number of nitrogens with one attached hydrogen (secondary N) is 2. The Bertz CT molecular complexity index is 784. The summed E-state index contributed by atoms with van der Waals surface area (Å²) in [6, 6.07) is 4.76. The first-order valence-electron chi connectivity index (χ1n) is 7.89. The Morgan fingerprint density at radius 2 is 2.11 bits per heavy atom. The topological polar surface area (TPSA) is 123 Å². The molecule has 0 spiro atoms. The third kappa shape index (κ3) is 6.70. The van der Waals surface area contributed by atoms with E-state index in [1.165, 1.54) is 36.3 Å². The number of anilines is 1. The zero-order chi connectivity index (χ0) is 19.6. The standard InChI is InChI=1S/C16H20N4O5S2/c1-24-6-5-17-15-19-20-16(27-15)26-9-13(21)18-8-10-3-4-12(25-2)11(7-10)14(22)23/h3-4,7H,5-6,8-9H2,1-2H3,(H,17,19)(H,18,21)(H,22,23). The second-order valence-electron chi connectivity index (χ2n) is 5.20. The van der Waals surface area contributed by atoms with Crippen LogP contribution in [-0.4, -0.2) is 60.3 Å². The van der Waals surface area contributed by atoms with Crippen molar-refractivity contribution in [3.05, 3.63) is 29.3 Å². The van der Waals surface area contributed by atoms with Gasteiger partial charge in [0.1, 0.15) is 11.3 Å². The number of amides is 1. The number of carbonyl (C=O) groups excluding carboxylic acids is 1. The lowest BCUT2D eigenvalue weighted by Crippen LogP contribution is -2.24. The predicted octanol–water partition coefficient (Wildman–Crippen LogP) is 1.71. The molecule has 0 aliphatic rings. The van der Waals surface area contributed by atoms with Crippen LogP contribution in [0.4, 0.5) is 5.13 Å². The molecule has 1 aromatic carbocycles. The summed E-state index contributed by atoms with van der Waals surface area (Å²) >= 11 is 2.65. The van der Waals surface area contributed by atoms with Crippen molar-refractivity contribution in [2.75, 3.05) is 38.4 Å². The lowest BCUT2D eigenvalue weighted by atomic mass is 10.1. The Morgan fingerprint density at radius 1 is 1.30 bits per heavy atom. The first kappa shape index (κ1) is 20.9. The van der Waals surface area contributed by atoms with E-state index in [1.807, 2.05) is 0 Å². The first-order valence-corrected chi connectivity index (χ1v) is 9.69. The molecule has 9 nitrogen and oxygen atoms in total. The van der Waals surface area contributed by atoms with Crippen molar-refractivity contribution in [3.63, 3.8) is 0 Å². The molecule has 11 heteroatoms. The number of hydrogen-bond acceptors (Lipinski definition) is 9. The largest absolute Gasteiger partial charge is 0.496 e. The van der Waals surface area contributed by atoms with Gasteiger partial charge in [0.05, 0.1) is 19.5 Å². The monoisotopic (exact) mass is 412 g/mol. The molecule has 0 aliphatic heterocycles. The number of thioether (sulfide) groups is 1. The Balaban J connectivity index is 1.79. The molecule has 0 aliphatic carbocycles. The third-order valence-corrected chi connectivity index (χ3v) is 5.31. The van der Waals surface area contributed by atoms with Crippen LogP contribution in [0.3, 0.4) is 0 Å². The molecule has 2 rings (SSSR count). The van der Waals surface area contributed by atoms with Crippen LogP contribution in [0.15, 0.2) is 22.5 Å². The molecule has 146 valence electrons. The van der Waals surface area contributed by atoms with Gasteiger partial charge in [0, 0.05) is 20.2 Å². The van der Waals surface area contributed by atoms with Crippen LogP contribution in [0, 0.1) is 0 Å². The van der Waals surface area contributed by atoms with E-state index in [0.29, 0.717) is 28.2 Å². The summed E-state index contributed by atoms with van der Waals surface area (Å²) < 4.78 is 10.6. The van der Waals surface area contributed by atoms with Gasteiger partial charge in [-0.3, -0.25) is 4.79 Å². The number of ether oxygens (including phenoxy) is 2. The zero-order valence-electron chi connectivity index (χ0n) is 14.9. The molecule has 0 fully saturated rings. The van der Waals surface area contributed by atoms with Gasteiger partial charge in [-0.2, -0.15) is 0 Å². The van der Waals surface area contributed by atoms with Gasteiger partial charge in [-0.15, -0.1) is 10.2 Å². The summed E-state index contributed by atoms with van der Waals surface area (Å²) in [5.41, 5.74) is 0.730. The van der Waals surface area contributed by atoms with Crippen molar-refractivity contribution < 1.29 is 24.2 Å². The molecule has 0 unspecified atom stereocenters. The number of methoxy groups -OCH3 is 2. The molecule has 0 atom stereocenters. The van der Waals surface area contributed by atoms with Crippen LogP contribution >= 0.6 is 23.1 Å². The fraction of sp³-hybridized carbons (Fsp3) is 0.375. The third-order valence-electron chi connectivity index (χ3n) is 3.30. The number of benzene rings is 1. The smallest absolute Gasteiger partial charge is 0.339 e. The number of nitrogens with zero attached hydrogens (tertiary/aromatic N) is 2. The molecule has 0 saturated carbocycles. The highest BCUT2D eigenvalue weighted by Gasteiger charge is 2.12. The van der Waals surface area contributed by atoms with E-state index in [-0.39, 0.29) is 29.5 Å². The fourth-order valence-electron chi connectivity index (χ4n) is 2.01. The van der Waals surface area contributed by atoms with Gasteiger partial charge >= 0.3 is 5.97 Å². The number of aromatic carboxylic acids is 1. The van der Waals surface area contributed by atoms with Crippen molar-refractivity contribution >= 4 is 40.1 Å². The summed E-state index contributed by atoms with van der Waals surface area (Å²) in [7, 11) is 3.03. The number of carboxylic acid groups (broad SMARTS) is 1. The van der Waals surface area contributed by atoms with Gasteiger partial charge < -0.3 is 25.2 Å². The van der Waals surface area contributed by atoms with Crippen molar-refractivity contribution in [2.24, 2.45) is 0 Å². The molecule has 1 amide bonds. The molecular formula is C16H20N4O5S2. The summed E-state index contributed by atoms with van der Waals surface area (Å²) in [5.74, 6) is -0.799. The van der Waals surface area contributed by atoms with Crippen molar-refractivity contribution in [3.8, 4) is 5.75 Å². The van der Waals surface area contributed by atoms with E-state index < -0.39 is 5.97 Å². The lowest BCUT2D eigenvalue weighted by molar-refractivity contribution is -0.118. The van der Waals surface area contributed by atoms with Crippen LogP contribution in [0.1, 0.15) is 15.9 Å². The molecule has 1 heterocycles. The minimum absolute atomic E-state index is 0.0565. The molecule has 2 aromatic rings. The highest BCUT2D eigenvalue weighted by molar-refractivity contribution is 8.01. The molecule has 0 saturated heterocycles. The second kappa shape index (κ2) is 10.7. The summed E-state index contributed by atoms with van der Waals surface area (Å²) in [6.45, 7) is 1.43. The Hall–Kier alpha value is -2.37. The van der Waals surface area contributed by atoms with Crippen LogP contribution < -0.4 is 15.4 Å². The molecular weight excluding hydrogens is 392 g/mol. The predicted molar refractivity (Wildman–Crippen MR) is 103 cm³/mol. The van der Waals surface area contributed by atoms with Crippen LogP contribution in [0.2, 0.25) is 0 Å². The van der Waals surface area contributed by atoms with Crippen molar-refractivity contribution in [2.45, 2.75) is 10.9 Å². The van der Waals surface area contributed by atoms with E-state index in [9.17, 15) is 14.7 Å². The number of carbonyl (C=O) groups is 2. The maximum absolute atomic E-state index is 12.0. The van der Waals surface area contributed by atoms with Crippen LogP contribution in [0.25, 0.3) is 0 Å². The first-order chi connectivity index (χ1) is 13.0. The van der Waals surface area contributed by atoms with E-state index in [1.54, 1.807) is 19.2 Å². The van der Waals surface area contributed by atoms with Crippen LogP contribution in [-0.2, 0) is 16.1 Å². The zero-order valence-corrected chi connectivity index (χ0v) is 16.5. The minimum Gasteiger partial charge on any atom is -0.496 e. The van der Waals surface area contributed by atoms with Gasteiger partial charge in [-0.25, -0.2) is 4.79 Å². The lowest BCUT2D eigenvalue weighted by Gasteiger charge is -2.08. The average molecular weight is 412 g/mol. The summed E-state index contributed by atoms with van der Waals surface area (Å²) in [5, 5.41) is 23.7. The van der Waals surface area contributed by atoms with E-state index in [4.69, 9.17) is 9.47 Å². The van der Waals surface area contributed by atoms with Gasteiger partial charge in [-0.05, 0) is 17.7 Å². The minimum atomic E-state index is -1.08. The van der Waals surface area contributed by atoms with Crippen molar-refractivity contribution in [1.29, 1.82) is 0 Å². The quantitative estimate of drug-likeness (QED) is 0.374. The number of aromatic nitrogens is 2. The number of rotatable bonds is 11. The summed E-state index contributed by atoms with van der Waals surface area (Å²) in [6.07, 6.45) is 0. The molecule has 27 heavy (non-hydrogen) atoms. The Morgan fingerprint density at radius 3 is 2.81 bits per heavy atom. The van der Waals surface area contributed by atoms with Gasteiger partial charge in [0.2, 0.25) is 11.0 Å². The normalized spacial score (nSPS) is 10.4. The van der Waals surface area contributed by atoms with Crippen molar-refractivity contribution in [1.82, 2.24) is 15.5 Å². The molecule has 0 radical (unpaired) electrons. The summed E-state index contributed by atoms with van der Waals surface area (Å²) in [4.78, 5) is 23.2. The maximum atomic E-state index is 12.0. The van der Waals surface area contributed by atoms with E-state index in [2.05, 4.69) is 20.8 Å². The molecule has 0 bridgehead atoms. The Labute approximate surface area is 164 Å². The highest BCUT2D eigenvalue weighted by atomic mass is 32.2. The molecule has 1 aromatic heterocycles. The number of carboxylic acids is 1. The molecule has 3 N–H and O–H groups in total. The average Bonchev–Trinajstić information content (AvgIpc) is 3.12. The van der Waals surface area contributed by atoms with E-state index in [0.717, 1.165) is 0 Å². The number of hydrogen-bond donors (Lipinski definition) is 3. The van der Waals surface area contributed by atoms with Gasteiger partial charge in [0.25, 0.3) is 0 Å². The SMILES string of the molecule is COCCNc1nnc(SCC(=O)NCc2ccc(OC)c(C(=O)O)c2)s1. The van der Waals surface area contributed by atoms with Gasteiger partial charge in [-0.1, -0.05) is 29.2 Å². The Kier molecular flexibility index (Phi) is 8.30. The van der Waals surface area contributed by atoms with Gasteiger partial charge in [0.15, 0.2) is 4.34 Å². The second-order valence-corrected chi connectivity index (χ2v) is 7.40. The fourth-order valence-corrected chi connectivity index (χ4v) is 3.62. The maximum Gasteiger partial charge on any atom is 0.339 e. The van der Waals surface area contributed by atoms with Crippen LogP contribution in [0.5, 0.6) is 5.75 Å².